The smallest absolute Gasteiger partial charge is 0.419 e. The van der Waals surface area contributed by atoms with E-state index in [1.165, 1.54) is 11.8 Å². The van der Waals surface area contributed by atoms with Crippen LogP contribution in [0.25, 0.3) is 0 Å². The van der Waals surface area contributed by atoms with Crippen LogP contribution >= 0.6 is 0 Å². The first kappa shape index (κ1) is 23.4. The van der Waals surface area contributed by atoms with Gasteiger partial charge in [0, 0.05) is 43.8 Å². The molecule has 1 aromatic carbocycles. The molecular weight excluding hydrogens is 430 g/mol. The molecule has 1 aromatic rings. The third-order valence-electron chi connectivity index (χ3n) is 5.73. The van der Waals surface area contributed by atoms with E-state index in [1.807, 2.05) is 0 Å². The number of nitrogens with zero attached hydrogens (tertiary/aromatic N) is 1. The summed E-state index contributed by atoms with van der Waals surface area (Å²) in [6.45, 7) is 1.41. The summed E-state index contributed by atoms with van der Waals surface area (Å²) in [6, 6.07) is 1.09. The quantitative estimate of drug-likeness (QED) is 0.530. The van der Waals surface area contributed by atoms with E-state index in [9.17, 15) is 35.9 Å². The fraction of sp³-hybridized carbons (Fsp3) is 0.600. The summed E-state index contributed by atoms with van der Waals surface area (Å²) < 4.78 is 85.2. The first-order valence-electron chi connectivity index (χ1n) is 9.66. The molecule has 0 aromatic heterocycles. The zero-order valence-electron chi connectivity index (χ0n) is 16.6. The molecule has 2 fully saturated rings. The monoisotopic (exact) mass is 452 g/mol. The summed E-state index contributed by atoms with van der Waals surface area (Å²) in [4.78, 5) is 24.7. The number of esters is 1. The van der Waals surface area contributed by atoms with Crippen molar-refractivity contribution < 1.29 is 40.7 Å². The van der Waals surface area contributed by atoms with Crippen LogP contribution in [-0.2, 0) is 26.4 Å². The fourth-order valence-corrected chi connectivity index (χ4v) is 4.05. The van der Waals surface area contributed by atoms with Crippen LogP contribution in [0.1, 0.15) is 37.3 Å². The Bertz CT molecular complexity index is 861. The average Bonchev–Trinajstić information content (AvgIpc) is 2.58. The molecule has 1 aliphatic carbocycles. The summed E-state index contributed by atoms with van der Waals surface area (Å²) in [6.07, 6.45) is -5.03. The number of ether oxygens (including phenoxy) is 1. The van der Waals surface area contributed by atoms with Crippen molar-refractivity contribution in [2.24, 2.45) is 17.6 Å². The van der Waals surface area contributed by atoms with Crippen LogP contribution in [0.5, 0.6) is 0 Å². The molecule has 0 atom stereocenters. The molecule has 1 aliphatic heterocycles. The molecule has 5 nitrogen and oxygen atoms in total. The van der Waals surface area contributed by atoms with Crippen LogP contribution < -0.4 is 5.73 Å². The molecule has 2 N–H and O–H groups in total. The van der Waals surface area contributed by atoms with Gasteiger partial charge in [0.05, 0.1) is 11.1 Å². The van der Waals surface area contributed by atoms with Gasteiger partial charge in [-0.3, -0.25) is 9.59 Å². The van der Waals surface area contributed by atoms with Gasteiger partial charge in [-0.05, 0) is 25.0 Å². The molecule has 2 aliphatic rings. The number of rotatable bonds is 6. The second-order valence-corrected chi connectivity index (χ2v) is 8.46. The third-order valence-corrected chi connectivity index (χ3v) is 5.73. The maximum absolute atomic E-state index is 14.4. The normalized spacial score (nSPS) is 24.4. The van der Waals surface area contributed by atoms with Crippen LogP contribution in [0.15, 0.2) is 18.2 Å². The van der Waals surface area contributed by atoms with Crippen molar-refractivity contribution in [3.63, 3.8) is 0 Å². The van der Waals surface area contributed by atoms with Crippen molar-refractivity contribution in [2.75, 3.05) is 19.7 Å². The minimum Gasteiger partial charge on any atom is -0.464 e. The van der Waals surface area contributed by atoms with Gasteiger partial charge in [-0.15, -0.1) is 0 Å². The van der Waals surface area contributed by atoms with Crippen LogP contribution in [0.3, 0.4) is 0 Å². The van der Waals surface area contributed by atoms with E-state index in [2.05, 4.69) is 0 Å². The van der Waals surface area contributed by atoms with E-state index in [0.29, 0.717) is 25.0 Å². The van der Waals surface area contributed by atoms with Gasteiger partial charge in [-0.2, -0.15) is 13.2 Å². The lowest BCUT2D eigenvalue weighted by molar-refractivity contribution is -0.153. The highest BCUT2D eigenvalue weighted by molar-refractivity contribution is 5.81. The number of halogens is 6. The Labute approximate surface area is 174 Å². The number of carbonyl (C=O) groups is 2. The molecular formula is C20H22F6N2O3. The lowest BCUT2D eigenvalue weighted by Crippen LogP contribution is -2.62. The Kier molecular flexibility index (Phi) is 6.03. The van der Waals surface area contributed by atoms with Gasteiger partial charge < -0.3 is 15.4 Å². The Balaban J connectivity index is 1.50. The third kappa shape index (κ3) is 5.13. The van der Waals surface area contributed by atoms with Crippen molar-refractivity contribution >= 4 is 11.9 Å². The van der Waals surface area contributed by atoms with Crippen molar-refractivity contribution in [3.05, 3.63) is 35.1 Å². The summed E-state index contributed by atoms with van der Waals surface area (Å²) in [5, 5.41) is 0. The highest BCUT2D eigenvalue weighted by Crippen LogP contribution is 2.42. The molecule has 1 saturated heterocycles. The molecule has 0 unspecified atom stereocenters. The zero-order valence-corrected chi connectivity index (χ0v) is 16.6. The Morgan fingerprint density at radius 3 is 2.32 bits per heavy atom. The molecule has 0 spiro atoms. The van der Waals surface area contributed by atoms with Crippen LogP contribution in [0, 0.1) is 17.7 Å². The first-order valence-corrected chi connectivity index (χ1v) is 9.66. The van der Waals surface area contributed by atoms with E-state index in [4.69, 9.17) is 10.5 Å². The maximum Gasteiger partial charge on any atom is 0.419 e. The summed E-state index contributed by atoms with van der Waals surface area (Å²) >= 11 is 0. The van der Waals surface area contributed by atoms with Crippen molar-refractivity contribution in [2.45, 2.75) is 43.8 Å². The highest BCUT2D eigenvalue weighted by Gasteiger charge is 2.49. The molecule has 31 heavy (non-hydrogen) atoms. The Hall–Kier alpha value is -2.30. The van der Waals surface area contributed by atoms with E-state index >= 15 is 0 Å². The van der Waals surface area contributed by atoms with Gasteiger partial charge in [0.1, 0.15) is 12.4 Å². The SMILES string of the molecule is CC(=O)OCC1(N)CC(C(=O)N2CC(CC(F)(F)c3ccc(C(F)(F)F)c(F)c3)C2)C1. The lowest BCUT2D eigenvalue weighted by Gasteiger charge is -2.48. The van der Waals surface area contributed by atoms with E-state index < -0.39 is 52.9 Å². The molecule has 1 amide bonds. The standard InChI is InChI=1S/C20H22F6N2O3/c1-11(29)31-10-18(27)6-13(7-18)17(30)28-8-12(9-28)5-19(22,23)14-2-3-15(16(21)4-14)20(24,25)26/h2-4,12-13H,5-10,27H2,1H3. The minimum absolute atomic E-state index is 0.00461. The van der Waals surface area contributed by atoms with E-state index in [1.54, 1.807) is 0 Å². The van der Waals surface area contributed by atoms with Gasteiger partial charge in [0.25, 0.3) is 5.92 Å². The van der Waals surface area contributed by atoms with Crippen LogP contribution in [0.2, 0.25) is 0 Å². The number of hydrogen-bond donors (Lipinski definition) is 1. The van der Waals surface area contributed by atoms with Crippen molar-refractivity contribution in [1.82, 2.24) is 4.90 Å². The predicted octanol–water partition coefficient (Wildman–Crippen LogP) is 3.46. The number of carbonyl (C=O) groups excluding carboxylic acids is 2. The number of benzene rings is 1. The molecule has 3 rings (SSSR count). The highest BCUT2D eigenvalue weighted by atomic mass is 19.4. The van der Waals surface area contributed by atoms with Crippen LogP contribution in [-0.4, -0.2) is 42.0 Å². The first-order chi connectivity index (χ1) is 14.2. The largest absolute Gasteiger partial charge is 0.464 e. The predicted molar refractivity (Wildman–Crippen MR) is 96.3 cm³/mol. The number of nitrogens with two attached hydrogens (primary N) is 1. The summed E-state index contributed by atoms with van der Waals surface area (Å²) in [5.41, 5.74) is 2.81. The summed E-state index contributed by atoms with van der Waals surface area (Å²) in [5.74, 6) is -6.90. The molecule has 1 saturated carbocycles. The number of hydrogen-bond acceptors (Lipinski definition) is 4. The molecule has 11 heteroatoms. The van der Waals surface area contributed by atoms with Gasteiger partial charge in [0.15, 0.2) is 0 Å². The van der Waals surface area contributed by atoms with E-state index in [0.717, 1.165) is 0 Å². The average molecular weight is 452 g/mol. The Morgan fingerprint density at radius 1 is 1.19 bits per heavy atom. The van der Waals surface area contributed by atoms with Gasteiger partial charge >= 0.3 is 12.1 Å². The molecule has 0 bridgehead atoms. The molecule has 1 heterocycles. The van der Waals surface area contributed by atoms with Gasteiger partial charge in [0.2, 0.25) is 5.91 Å². The maximum atomic E-state index is 14.4. The number of amides is 1. The van der Waals surface area contributed by atoms with Crippen molar-refractivity contribution in [3.8, 4) is 0 Å². The Morgan fingerprint density at radius 2 is 1.81 bits per heavy atom. The number of likely N-dealkylation sites (tertiary alicyclic amines) is 1. The number of alkyl halides is 5. The topological polar surface area (TPSA) is 72.6 Å². The van der Waals surface area contributed by atoms with Crippen LogP contribution in [0.4, 0.5) is 26.3 Å². The second kappa shape index (κ2) is 7.99. The lowest BCUT2D eigenvalue weighted by atomic mass is 9.68. The van der Waals surface area contributed by atoms with E-state index in [-0.39, 0.29) is 37.6 Å². The zero-order chi connectivity index (χ0) is 23.2. The van der Waals surface area contributed by atoms with Crippen molar-refractivity contribution in [1.29, 1.82) is 0 Å². The molecule has 172 valence electrons. The second-order valence-electron chi connectivity index (χ2n) is 8.46. The van der Waals surface area contributed by atoms with Gasteiger partial charge in [-0.1, -0.05) is 6.07 Å². The summed E-state index contributed by atoms with van der Waals surface area (Å²) in [7, 11) is 0. The van der Waals surface area contributed by atoms with Gasteiger partial charge in [-0.25, -0.2) is 13.2 Å². The minimum atomic E-state index is -4.96. The fourth-order valence-electron chi connectivity index (χ4n) is 4.05. The molecule has 0 radical (unpaired) electrons.